The number of carbonyl (C=O) groups is 1. The number of aromatic nitrogens is 1. The number of likely N-dealkylation sites (tertiary alicyclic amines) is 1. The Morgan fingerprint density at radius 3 is 2.85 bits per heavy atom. The molecule has 5 heteroatoms. The fourth-order valence-corrected chi connectivity index (χ4v) is 5.47. The first-order valence-corrected chi connectivity index (χ1v) is 10.9. The zero-order valence-corrected chi connectivity index (χ0v) is 18.3. The largest absolute Gasteiger partial charge is 0.352 e. The lowest BCUT2D eigenvalue weighted by molar-refractivity contribution is -0.129. The molecule has 2 aromatic rings. The smallest absolute Gasteiger partial charge is 0.225 e. The molecule has 4 nitrogen and oxygen atoms in total. The molecule has 2 N–H and O–H groups in total. The molecule has 1 amide bonds. The Morgan fingerprint density at radius 2 is 2.15 bits per heavy atom. The highest BCUT2D eigenvalue weighted by Crippen LogP contribution is 2.45. The third kappa shape index (κ3) is 3.33. The first-order valence-electron chi connectivity index (χ1n) is 10.1. The summed E-state index contributed by atoms with van der Waals surface area (Å²) in [7, 11) is 0. The van der Waals surface area contributed by atoms with Crippen LogP contribution < -0.4 is 5.32 Å². The number of halogens is 1. The van der Waals surface area contributed by atoms with Gasteiger partial charge in [0.05, 0.1) is 4.60 Å². The van der Waals surface area contributed by atoms with Gasteiger partial charge in [0, 0.05) is 40.9 Å². The highest BCUT2D eigenvalue weighted by Gasteiger charge is 2.42. The van der Waals surface area contributed by atoms with Gasteiger partial charge in [-0.1, -0.05) is 39.8 Å². The molecule has 2 aliphatic rings. The minimum absolute atomic E-state index is 0.154. The van der Waals surface area contributed by atoms with Crippen molar-refractivity contribution in [3.05, 3.63) is 33.9 Å². The van der Waals surface area contributed by atoms with Crippen LogP contribution in [0.4, 0.5) is 0 Å². The molecule has 146 valence electrons. The van der Waals surface area contributed by atoms with E-state index in [0.29, 0.717) is 12.0 Å². The number of piperidine rings is 1. The van der Waals surface area contributed by atoms with E-state index in [1.807, 2.05) is 20.8 Å². The van der Waals surface area contributed by atoms with E-state index in [4.69, 9.17) is 0 Å². The van der Waals surface area contributed by atoms with Crippen LogP contribution in [0.15, 0.2) is 22.8 Å². The fraction of sp³-hybridized carbons (Fsp3) is 0.591. The summed E-state index contributed by atoms with van der Waals surface area (Å²) in [6.07, 6.45) is 3.23. The molecular formula is C22H30BrN3O. The van der Waals surface area contributed by atoms with Gasteiger partial charge in [-0.3, -0.25) is 9.69 Å². The second-order valence-electron chi connectivity index (χ2n) is 9.22. The number of H-pyrrole nitrogens is 1. The summed E-state index contributed by atoms with van der Waals surface area (Å²) >= 11 is 3.75. The minimum Gasteiger partial charge on any atom is -0.352 e. The van der Waals surface area contributed by atoms with Gasteiger partial charge < -0.3 is 10.3 Å². The van der Waals surface area contributed by atoms with E-state index >= 15 is 0 Å². The summed E-state index contributed by atoms with van der Waals surface area (Å²) in [4.78, 5) is 18.7. The van der Waals surface area contributed by atoms with Gasteiger partial charge in [0.2, 0.25) is 5.91 Å². The number of nitrogens with one attached hydrogen (secondary N) is 2. The molecule has 4 rings (SSSR count). The maximum atomic E-state index is 12.6. The van der Waals surface area contributed by atoms with Gasteiger partial charge in [-0.05, 0) is 58.9 Å². The lowest BCUT2D eigenvalue weighted by Crippen LogP contribution is -2.57. The molecule has 1 aromatic heterocycles. The molecule has 0 radical (unpaired) electrons. The average Bonchev–Trinajstić information content (AvgIpc) is 2.92. The molecule has 1 aliphatic heterocycles. The number of aromatic amines is 1. The number of fused-ring (bicyclic) bond motifs is 2. The van der Waals surface area contributed by atoms with Crippen LogP contribution in [-0.4, -0.2) is 41.0 Å². The maximum absolute atomic E-state index is 12.6. The summed E-state index contributed by atoms with van der Waals surface area (Å²) in [5.74, 6) is 0.621. The van der Waals surface area contributed by atoms with Crippen molar-refractivity contribution < 1.29 is 4.79 Å². The van der Waals surface area contributed by atoms with Gasteiger partial charge in [0.25, 0.3) is 0 Å². The van der Waals surface area contributed by atoms with E-state index in [1.165, 1.54) is 22.0 Å². The zero-order chi connectivity index (χ0) is 19.3. The highest BCUT2D eigenvalue weighted by atomic mass is 79.9. The van der Waals surface area contributed by atoms with Crippen molar-refractivity contribution in [2.75, 3.05) is 13.1 Å². The van der Waals surface area contributed by atoms with Crippen LogP contribution in [0.1, 0.15) is 57.6 Å². The van der Waals surface area contributed by atoms with Crippen molar-refractivity contribution in [1.29, 1.82) is 0 Å². The normalized spacial score (nSPS) is 25.4. The van der Waals surface area contributed by atoms with Gasteiger partial charge in [0.15, 0.2) is 0 Å². The molecule has 1 fully saturated rings. The second kappa shape index (κ2) is 6.93. The van der Waals surface area contributed by atoms with Crippen LogP contribution in [0.5, 0.6) is 0 Å². The van der Waals surface area contributed by atoms with Gasteiger partial charge in [-0.2, -0.15) is 0 Å². The third-order valence-electron chi connectivity index (χ3n) is 6.17. The zero-order valence-electron chi connectivity index (χ0n) is 16.7. The van der Waals surface area contributed by atoms with Crippen LogP contribution >= 0.6 is 15.9 Å². The highest BCUT2D eigenvalue weighted by molar-refractivity contribution is 9.10. The number of rotatable bonds is 3. The standard InChI is InChI=1S/C22H30BrN3O/c1-5-9-26-12-13(24-21(27)22(2,3)4)10-15-14-7-6-8-17-19(14)16(11-18(15)26)20(23)25-17/h6-8,13,15,18,25H,5,9-12H2,1-4H3,(H,24,27)/t13-,15+,18+/m0/s1. The Morgan fingerprint density at radius 1 is 1.37 bits per heavy atom. The summed E-state index contributed by atoms with van der Waals surface area (Å²) in [6, 6.07) is 7.34. The number of carbonyl (C=O) groups excluding carboxylic acids is 1. The molecule has 0 saturated carbocycles. The monoisotopic (exact) mass is 431 g/mol. The molecular weight excluding hydrogens is 402 g/mol. The second-order valence-corrected chi connectivity index (χ2v) is 10.0. The number of benzene rings is 1. The number of hydrogen-bond acceptors (Lipinski definition) is 2. The first-order chi connectivity index (χ1) is 12.8. The topological polar surface area (TPSA) is 48.1 Å². The van der Waals surface area contributed by atoms with Crippen LogP contribution in [0.25, 0.3) is 10.9 Å². The summed E-state index contributed by atoms with van der Waals surface area (Å²) in [5.41, 5.74) is 3.73. The molecule has 1 aromatic carbocycles. The minimum atomic E-state index is -0.350. The third-order valence-corrected chi connectivity index (χ3v) is 6.85. The quantitative estimate of drug-likeness (QED) is 0.746. The molecule has 27 heavy (non-hydrogen) atoms. The molecule has 3 atom stereocenters. The maximum Gasteiger partial charge on any atom is 0.225 e. The number of nitrogens with zero attached hydrogens (tertiary/aromatic N) is 1. The molecule has 0 unspecified atom stereocenters. The van der Waals surface area contributed by atoms with Crippen molar-refractivity contribution in [3.8, 4) is 0 Å². The van der Waals surface area contributed by atoms with E-state index in [0.717, 1.165) is 37.0 Å². The molecule has 2 heterocycles. The van der Waals surface area contributed by atoms with Gasteiger partial charge in [0.1, 0.15) is 0 Å². The molecule has 0 bridgehead atoms. The van der Waals surface area contributed by atoms with Crippen LogP contribution in [0.3, 0.4) is 0 Å². The molecule has 0 spiro atoms. The predicted octanol–water partition coefficient (Wildman–Crippen LogP) is 4.59. The summed E-state index contributed by atoms with van der Waals surface area (Å²) in [6.45, 7) is 10.2. The number of hydrogen-bond donors (Lipinski definition) is 2. The Balaban J connectivity index is 1.70. The van der Waals surface area contributed by atoms with E-state index in [9.17, 15) is 4.79 Å². The van der Waals surface area contributed by atoms with Crippen LogP contribution in [-0.2, 0) is 11.2 Å². The summed E-state index contributed by atoms with van der Waals surface area (Å²) in [5, 5.41) is 4.74. The SMILES string of the molecule is CCCN1C[C@@H](NC(=O)C(C)(C)C)C[C@@H]2c3cccc4[nH]c(Br)c(c34)C[C@H]21. The average molecular weight is 432 g/mol. The van der Waals surface area contributed by atoms with Gasteiger partial charge >= 0.3 is 0 Å². The van der Waals surface area contributed by atoms with E-state index < -0.39 is 0 Å². The Hall–Kier alpha value is -1.33. The summed E-state index contributed by atoms with van der Waals surface area (Å²) < 4.78 is 1.13. The van der Waals surface area contributed by atoms with E-state index in [1.54, 1.807) is 0 Å². The number of amides is 1. The Bertz CT molecular complexity index is 866. The van der Waals surface area contributed by atoms with E-state index in [2.05, 4.69) is 56.3 Å². The lowest BCUT2D eigenvalue weighted by Gasteiger charge is -2.47. The molecule has 1 aliphatic carbocycles. The van der Waals surface area contributed by atoms with Crippen molar-refractivity contribution in [2.24, 2.45) is 5.41 Å². The Kier molecular flexibility index (Phi) is 4.88. The van der Waals surface area contributed by atoms with E-state index in [-0.39, 0.29) is 17.4 Å². The van der Waals surface area contributed by atoms with Crippen molar-refractivity contribution in [1.82, 2.24) is 15.2 Å². The fourth-order valence-electron chi connectivity index (χ4n) is 4.89. The van der Waals surface area contributed by atoms with Crippen LogP contribution in [0.2, 0.25) is 0 Å². The van der Waals surface area contributed by atoms with Crippen molar-refractivity contribution in [2.45, 2.75) is 65.0 Å². The first kappa shape index (κ1) is 19.0. The van der Waals surface area contributed by atoms with Gasteiger partial charge in [-0.15, -0.1) is 0 Å². The predicted molar refractivity (Wildman–Crippen MR) is 114 cm³/mol. The van der Waals surface area contributed by atoms with Gasteiger partial charge in [-0.25, -0.2) is 0 Å². The van der Waals surface area contributed by atoms with Crippen LogP contribution in [0, 0.1) is 5.41 Å². The molecule has 1 saturated heterocycles. The van der Waals surface area contributed by atoms with Crippen molar-refractivity contribution >= 4 is 32.7 Å². The Labute approximate surface area is 170 Å². The lowest BCUT2D eigenvalue weighted by atomic mass is 9.73. The van der Waals surface area contributed by atoms with Crippen molar-refractivity contribution in [3.63, 3.8) is 0 Å².